The molecule has 2 aliphatic heterocycles. The third-order valence-corrected chi connectivity index (χ3v) is 12.7. The number of fused-ring (bicyclic) bond motifs is 1. The number of carbonyl (C=O) groups is 4. The number of ether oxygens (including phenoxy) is 2. The second-order valence-electron chi connectivity index (χ2n) is 14.7. The predicted molar refractivity (Wildman–Crippen MR) is 216 cm³/mol. The SMILES string of the molecule is COC(=O)N[C@H](C(=O)N1CC=C[C@H]1c1ncc(-c2ccc(-c3cc4sc(-c5cnc([C@@H]6CCCN6C(=O)[C@@H](NC(=O)OC)C(C)C)[nH]5)cc4s3)cc2)[nH]1)C(C)C. The molecule has 0 bridgehead atoms. The Hall–Kier alpha value is -5.48. The Labute approximate surface area is 332 Å². The summed E-state index contributed by atoms with van der Waals surface area (Å²) in [6, 6.07) is 10.7. The molecule has 56 heavy (non-hydrogen) atoms. The van der Waals surface area contributed by atoms with Crippen LogP contribution in [0.2, 0.25) is 0 Å². The van der Waals surface area contributed by atoms with Crippen molar-refractivity contribution >= 4 is 56.1 Å². The van der Waals surface area contributed by atoms with Gasteiger partial charge in [-0.1, -0.05) is 64.1 Å². The zero-order valence-corrected chi connectivity index (χ0v) is 33.8. The molecule has 4 N–H and O–H groups in total. The van der Waals surface area contributed by atoms with Gasteiger partial charge in [0.05, 0.1) is 48.9 Å². The Morgan fingerprint density at radius 3 is 1.96 bits per heavy atom. The van der Waals surface area contributed by atoms with E-state index < -0.39 is 24.3 Å². The highest BCUT2D eigenvalue weighted by Crippen LogP contribution is 2.42. The lowest BCUT2D eigenvalue weighted by Gasteiger charge is -2.30. The molecular weight excluding hydrogens is 753 g/mol. The standard InChI is InChI=1S/C40H46N8O6S2/c1-21(2)33(45-39(51)53-5)37(49)47-15-7-9-27(47)35-41-19-25(43-35)23-11-13-24(14-12-23)29-17-31-32(55-29)18-30(56-31)26-20-42-36(44-26)28-10-8-16-48(28)38(50)34(22(3)4)46-40(52)54-6/h7,9,11-14,17-22,27-28,33-34H,8,10,15-16H2,1-6H3,(H,41,43)(H,42,44)(H,45,51)(H,46,52)/t27-,28-,33-,34-/m0/s1. The van der Waals surface area contributed by atoms with E-state index in [1.165, 1.54) is 23.6 Å². The summed E-state index contributed by atoms with van der Waals surface area (Å²) in [4.78, 5) is 72.9. The summed E-state index contributed by atoms with van der Waals surface area (Å²) in [5.41, 5.74) is 3.82. The molecule has 0 spiro atoms. The first-order chi connectivity index (χ1) is 26.9. The number of aromatic nitrogens is 4. The van der Waals surface area contributed by atoms with E-state index in [0.29, 0.717) is 18.9 Å². The van der Waals surface area contributed by atoms with Crippen LogP contribution in [0.15, 0.2) is 60.9 Å². The maximum absolute atomic E-state index is 13.6. The highest BCUT2D eigenvalue weighted by atomic mass is 32.1. The number of benzene rings is 1. The number of thiophene rings is 2. The molecule has 0 unspecified atom stereocenters. The van der Waals surface area contributed by atoms with Crippen LogP contribution in [0.25, 0.3) is 41.7 Å². The predicted octanol–water partition coefficient (Wildman–Crippen LogP) is 7.27. The molecule has 4 atom stereocenters. The van der Waals surface area contributed by atoms with Gasteiger partial charge in [0.25, 0.3) is 0 Å². The molecule has 2 aliphatic rings. The summed E-state index contributed by atoms with van der Waals surface area (Å²) in [7, 11) is 2.57. The van der Waals surface area contributed by atoms with Crippen molar-refractivity contribution in [1.29, 1.82) is 0 Å². The zero-order chi connectivity index (χ0) is 39.7. The van der Waals surface area contributed by atoms with Crippen LogP contribution >= 0.6 is 22.7 Å². The van der Waals surface area contributed by atoms with E-state index in [1.54, 1.807) is 33.8 Å². The minimum atomic E-state index is -0.723. The van der Waals surface area contributed by atoms with Crippen molar-refractivity contribution in [3.05, 3.63) is 72.6 Å². The van der Waals surface area contributed by atoms with E-state index in [2.05, 4.69) is 62.0 Å². The Kier molecular flexibility index (Phi) is 11.3. The van der Waals surface area contributed by atoms with Crippen LogP contribution in [0.4, 0.5) is 9.59 Å². The van der Waals surface area contributed by atoms with Crippen molar-refractivity contribution in [2.24, 2.45) is 11.8 Å². The van der Waals surface area contributed by atoms with E-state index in [-0.39, 0.29) is 35.7 Å². The number of alkyl carbamates (subject to hydrolysis) is 2. The maximum atomic E-state index is 13.6. The molecule has 0 saturated carbocycles. The summed E-state index contributed by atoms with van der Waals surface area (Å²) < 4.78 is 11.9. The number of nitrogens with one attached hydrogen (secondary N) is 4. The summed E-state index contributed by atoms with van der Waals surface area (Å²) in [5.74, 6) is 0.827. The van der Waals surface area contributed by atoms with Gasteiger partial charge in [-0.05, 0) is 47.9 Å². The lowest BCUT2D eigenvalue weighted by atomic mass is 10.0. The van der Waals surface area contributed by atoms with E-state index in [0.717, 1.165) is 50.9 Å². The molecule has 294 valence electrons. The van der Waals surface area contributed by atoms with Crippen molar-refractivity contribution in [3.8, 4) is 32.3 Å². The number of amides is 4. The summed E-state index contributed by atoms with van der Waals surface area (Å²) in [5, 5.41) is 5.37. The minimum Gasteiger partial charge on any atom is -0.453 e. The summed E-state index contributed by atoms with van der Waals surface area (Å²) in [6.07, 6.45) is 7.88. The second-order valence-corrected chi connectivity index (χ2v) is 16.8. The Bertz CT molecular complexity index is 2220. The number of hydrogen-bond donors (Lipinski definition) is 4. The Morgan fingerprint density at radius 2 is 1.32 bits per heavy atom. The van der Waals surface area contributed by atoms with Gasteiger partial charge in [-0.2, -0.15) is 0 Å². The van der Waals surface area contributed by atoms with Gasteiger partial charge in [0.15, 0.2) is 0 Å². The zero-order valence-electron chi connectivity index (χ0n) is 32.1. The van der Waals surface area contributed by atoms with Gasteiger partial charge in [0.2, 0.25) is 11.8 Å². The van der Waals surface area contributed by atoms with E-state index in [9.17, 15) is 19.2 Å². The molecule has 6 heterocycles. The lowest BCUT2D eigenvalue weighted by Crippen LogP contribution is -2.51. The highest BCUT2D eigenvalue weighted by Gasteiger charge is 2.38. The van der Waals surface area contributed by atoms with E-state index in [1.807, 2.05) is 50.9 Å². The first kappa shape index (κ1) is 38.8. The lowest BCUT2D eigenvalue weighted by molar-refractivity contribution is -0.136. The molecule has 1 saturated heterocycles. The van der Waals surface area contributed by atoms with Crippen LogP contribution in [0.5, 0.6) is 0 Å². The molecule has 16 heteroatoms. The normalized spacial score (nSPS) is 17.9. The van der Waals surface area contributed by atoms with Gasteiger partial charge >= 0.3 is 12.2 Å². The number of hydrogen-bond acceptors (Lipinski definition) is 10. The van der Waals surface area contributed by atoms with Crippen LogP contribution in [0.1, 0.15) is 64.3 Å². The number of nitrogens with zero attached hydrogens (tertiary/aromatic N) is 4. The monoisotopic (exact) mass is 798 g/mol. The van der Waals surface area contributed by atoms with Crippen LogP contribution < -0.4 is 10.6 Å². The molecule has 4 aromatic heterocycles. The fourth-order valence-electron chi connectivity index (χ4n) is 7.25. The maximum Gasteiger partial charge on any atom is 0.407 e. The largest absolute Gasteiger partial charge is 0.453 e. The van der Waals surface area contributed by atoms with Crippen molar-refractivity contribution in [2.45, 2.75) is 64.7 Å². The van der Waals surface area contributed by atoms with Crippen LogP contribution in [0.3, 0.4) is 0 Å². The fraction of sp³-hybridized carbons (Fsp3) is 0.400. The first-order valence-electron chi connectivity index (χ1n) is 18.7. The second kappa shape index (κ2) is 16.3. The average molecular weight is 799 g/mol. The molecule has 5 aromatic rings. The summed E-state index contributed by atoms with van der Waals surface area (Å²) in [6.45, 7) is 8.60. The Morgan fingerprint density at radius 1 is 0.768 bits per heavy atom. The molecule has 1 fully saturated rings. The smallest absolute Gasteiger partial charge is 0.407 e. The molecule has 14 nitrogen and oxygen atoms in total. The van der Waals surface area contributed by atoms with Gasteiger partial charge in [-0.25, -0.2) is 19.6 Å². The van der Waals surface area contributed by atoms with Crippen LogP contribution in [0, 0.1) is 11.8 Å². The fourth-order valence-corrected chi connectivity index (χ4v) is 9.61. The number of aromatic amines is 2. The number of methoxy groups -OCH3 is 2. The molecule has 7 rings (SSSR count). The Balaban J connectivity index is 1.02. The average Bonchev–Trinajstić information content (AvgIpc) is 4.04. The summed E-state index contributed by atoms with van der Waals surface area (Å²) >= 11 is 3.42. The highest BCUT2D eigenvalue weighted by molar-refractivity contribution is 7.31. The van der Waals surface area contributed by atoms with Crippen molar-refractivity contribution in [3.63, 3.8) is 0 Å². The van der Waals surface area contributed by atoms with E-state index >= 15 is 0 Å². The van der Waals surface area contributed by atoms with Gasteiger partial charge in [0, 0.05) is 27.4 Å². The van der Waals surface area contributed by atoms with Crippen molar-refractivity contribution in [1.82, 2.24) is 40.4 Å². The van der Waals surface area contributed by atoms with Gasteiger partial charge in [-0.15, -0.1) is 22.7 Å². The number of rotatable bonds is 11. The number of imidazole rings is 2. The van der Waals surface area contributed by atoms with Crippen LogP contribution in [-0.4, -0.2) is 93.1 Å². The third-order valence-electron chi connectivity index (χ3n) is 10.3. The van der Waals surface area contributed by atoms with Crippen molar-refractivity contribution < 1.29 is 28.7 Å². The van der Waals surface area contributed by atoms with E-state index in [4.69, 9.17) is 14.5 Å². The molecule has 0 radical (unpaired) electrons. The minimum absolute atomic E-state index is 0.101. The van der Waals surface area contributed by atoms with Gasteiger partial charge in [0.1, 0.15) is 29.8 Å². The molecular formula is C40H46N8O6S2. The van der Waals surface area contributed by atoms with Gasteiger partial charge < -0.3 is 39.9 Å². The molecule has 4 amide bonds. The topological polar surface area (TPSA) is 175 Å². The third kappa shape index (κ3) is 7.80. The number of carbonyl (C=O) groups excluding carboxylic acids is 4. The van der Waals surface area contributed by atoms with Crippen LogP contribution in [-0.2, 0) is 19.1 Å². The molecule has 1 aromatic carbocycles. The first-order valence-corrected chi connectivity index (χ1v) is 20.3. The van der Waals surface area contributed by atoms with Gasteiger partial charge in [-0.3, -0.25) is 9.59 Å². The quantitative estimate of drug-likeness (QED) is 0.101. The number of likely N-dealkylation sites (tertiary alicyclic amines) is 1. The number of H-pyrrole nitrogens is 2. The van der Waals surface area contributed by atoms with Crippen molar-refractivity contribution in [2.75, 3.05) is 27.3 Å². The molecule has 0 aliphatic carbocycles.